The average Bonchev–Trinajstić information content (AvgIpc) is 3.29. The highest BCUT2D eigenvalue weighted by Gasteiger charge is 2.24. The number of pyridine rings is 1. The number of ether oxygens (including phenoxy) is 1. The van der Waals surface area contributed by atoms with Crippen molar-refractivity contribution in [3.8, 4) is 5.75 Å². The summed E-state index contributed by atoms with van der Waals surface area (Å²) in [6.07, 6.45) is 8.06. The number of nitrogens with zero attached hydrogens (tertiary/aromatic N) is 2. The predicted octanol–water partition coefficient (Wildman–Crippen LogP) is 7.95. The maximum Gasteiger partial charge on any atom is 0.296 e. The van der Waals surface area contributed by atoms with Crippen molar-refractivity contribution in [1.29, 1.82) is 0 Å². The number of hydrogen-bond donors (Lipinski definition) is 1. The van der Waals surface area contributed by atoms with Gasteiger partial charge in [0.25, 0.3) is 11.7 Å². The Kier molecular flexibility index (Phi) is 9.17. The number of halogens is 3. The lowest BCUT2D eigenvalue weighted by molar-refractivity contribution is -0.112. The second-order valence-electron chi connectivity index (χ2n) is 8.82. The highest BCUT2D eigenvalue weighted by atomic mass is 35.5. The Labute approximate surface area is 235 Å². The number of hydrogen-bond acceptors (Lipinski definition) is 4. The highest BCUT2D eigenvalue weighted by molar-refractivity contribution is 6.50. The van der Waals surface area contributed by atoms with Crippen molar-refractivity contribution in [3.63, 3.8) is 0 Å². The molecule has 0 unspecified atom stereocenters. The molecule has 1 N–H and O–H groups in total. The van der Waals surface area contributed by atoms with E-state index in [2.05, 4.69) is 10.3 Å². The first-order valence-electron chi connectivity index (χ1n) is 12.2. The molecule has 1 amide bonds. The zero-order valence-corrected chi connectivity index (χ0v) is 22.9. The predicted molar refractivity (Wildman–Crippen MR) is 153 cm³/mol. The molecule has 0 saturated heterocycles. The van der Waals surface area contributed by atoms with E-state index in [1.54, 1.807) is 18.3 Å². The summed E-state index contributed by atoms with van der Waals surface area (Å²) < 4.78 is 21.2. The number of aromatic nitrogens is 2. The largest absolute Gasteiger partial charge is 0.489 e. The average molecular weight is 566 g/mol. The molecular weight excluding hydrogens is 540 g/mol. The van der Waals surface area contributed by atoms with E-state index >= 15 is 0 Å². The topological polar surface area (TPSA) is 73.2 Å². The highest BCUT2D eigenvalue weighted by Crippen LogP contribution is 2.31. The number of Topliss-reactive ketones (excluding diaryl/α,β-unsaturated/α-hetero) is 1. The molecule has 0 fully saturated rings. The fourth-order valence-corrected chi connectivity index (χ4v) is 4.44. The van der Waals surface area contributed by atoms with Gasteiger partial charge in [0.05, 0.1) is 27.1 Å². The van der Waals surface area contributed by atoms with Gasteiger partial charge in [-0.25, -0.2) is 4.39 Å². The van der Waals surface area contributed by atoms with Crippen molar-refractivity contribution < 1.29 is 18.7 Å². The van der Waals surface area contributed by atoms with E-state index in [-0.39, 0.29) is 27.1 Å². The molecule has 4 rings (SSSR count). The molecule has 0 spiro atoms. The van der Waals surface area contributed by atoms with E-state index in [1.807, 2.05) is 54.0 Å². The number of nitrogens with one attached hydrogen (secondary N) is 1. The van der Waals surface area contributed by atoms with Crippen LogP contribution in [0.3, 0.4) is 0 Å². The van der Waals surface area contributed by atoms with E-state index < -0.39 is 11.7 Å². The molecule has 0 aliphatic rings. The standard InChI is InChI=1S/C30H26Cl2FN3O3/c1-3-20(10-9-19(2)33)16-36-17-24(29(37)30(38)35-28-25(31)14-34-15-26(28)32)23-13-22(11-12-27(23)36)39-18-21-7-5-4-6-8-21/h4-15,17H,3,16,18H2,1-2H3,(H,34,35,38)/b19-9+,20-10+. The number of carbonyl (C=O) groups excluding carboxylic acids is 2. The zero-order chi connectivity index (χ0) is 27.9. The van der Waals surface area contributed by atoms with Gasteiger partial charge in [0, 0.05) is 36.0 Å². The number of carbonyl (C=O) groups is 2. The molecule has 2 aromatic heterocycles. The van der Waals surface area contributed by atoms with Gasteiger partial charge in [-0.05, 0) is 43.2 Å². The van der Waals surface area contributed by atoms with Gasteiger partial charge in [0.15, 0.2) is 0 Å². The summed E-state index contributed by atoms with van der Waals surface area (Å²) in [5, 5.41) is 3.26. The molecule has 6 nitrogen and oxygen atoms in total. The minimum atomic E-state index is -0.901. The number of rotatable bonds is 10. The van der Waals surface area contributed by atoms with Gasteiger partial charge in [-0.15, -0.1) is 0 Å². The molecule has 2 aromatic carbocycles. The number of anilines is 1. The van der Waals surface area contributed by atoms with Crippen molar-refractivity contribution in [2.24, 2.45) is 0 Å². The smallest absolute Gasteiger partial charge is 0.296 e. The normalized spacial score (nSPS) is 12.0. The molecule has 0 aliphatic heterocycles. The van der Waals surface area contributed by atoms with Crippen molar-refractivity contribution in [1.82, 2.24) is 9.55 Å². The molecule has 0 bridgehead atoms. The lowest BCUT2D eigenvalue weighted by Gasteiger charge is -2.09. The third-order valence-corrected chi connectivity index (χ3v) is 6.59. The lowest BCUT2D eigenvalue weighted by Crippen LogP contribution is -2.23. The van der Waals surface area contributed by atoms with Crippen LogP contribution >= 0.6 is 23.2 Å². The van der Waals surface area contributed by atoms with Crippen LogP contribution in [-0.2, 0) is 17.9 Å². The summed E-state index contributed by atoms with van der Waals surface area (Å²) >= 11 is 12.2. The van der Waals surface area contributed by atoms with Crippen LogP contribution in [0.4, 0.5) is 10.1 Å². The Hall–Kier alpha value is -3.94. The molecule has 200 valence electrons. The van der Waals surface area contributed by atoms with Gasteiger partial charge in [-0.3, -0.25) is 14.6 Å². The maximum absolute atomic E-state index is 13.4. The molecule has 4 aromatic rings. The number of ketones is 1. The van der Waals surface area contributed by atoms with Crippen molar-refractivity contribution >= 4 is 51.5 Å². The second-order valence-corrected chi connectivity index (χ2v) is 9.63. The summed E-state index contributed by atoms with van der Waals surface area (Å²) in [6.45, 7) is 4.09. The quantitative estimate of drug-likeness (QED) is 0.120. The number of amides is 1. The van der Waals surface area contributed by atoms with E-state index in [0.29, 0.717) is 30.7 Å². The van der Waals surface area contributed by atoms with E-state index in [1.165, 1.54) is 25.4 Å². The molecule has 2 heterocycles. The summed E-state index contributed by atoms with van der Waals surface area (Å²) in [6, 6.07) is 15.1. The van der Waals surface area contributed by atoms with Crippen LogP contribution in [0.25, 0.3) is 10.9 Å². The fraction of sp³-hybridized carbons (Fsp3) is 0.167. The van der Waals surface area contributed by atoms with Gasteiger partial charge < -0.3 is 14.6 Å². The summed E-state index contributed by atoms with van der Waals surface area (Å²) in [4.78, 5) is 30.3. The van der Waals surface area contributed by atoms with E-state index in [4.69, 9.17) is 27.9 Å². The van der Waals surface area contributed by atoms with Crippen LogP contribution < -0.4 is 10.1 Å². The van der Waals surface area contributed by atoms with Crippen molar-refractivity contribution in [2.75, 3.05) is 5.32 Å². The van der Waals surface area contributed by atoms with Gasteiger partial charge in [0.1, 0.15) is 12.4 Å². The number of allylic oxidation sites excluding steroid dienone is 4. The van der Waals surface area contributed by atoms with Gasteiger partial charge in [-0.1, -0.05) is 72.1 Å². The van der Waals surface area contributed by atoms with Crippen LogP contribution in [0.1, 0.15) is 36.2 Å². The van der Waals surface area contributed by atoms with Crippen LogP contribution in [0.15, 0.2) is 90.7 Å². The third kappa shape index (κ3) is 6.93. The van der Waals surface area contributed by atoms with Crippen molar-refractivity contribution in [2.45, 2.75) is 33.4 Å². The first kappa shape index (κ1) is 28.1. The summed E-state index contributed by atoms with van der Waals surface area (Å²) in [5.74, 6) is -1.44. The monoisotopic (exact) mass is 565 g/mol. The Morgan fingerprint density at radius 3 is 2.46 bits per heavy atom. The molecule has 0 saturated carbocycles. The first-order valence-corrected chi connectivity index (χ1v) is 13.0. The zero-order valence-electron chi connectivity index (χ0n) is 21.4. The molecule has 9 heteroatoms. The van der Waals surface area contributed by atoms with Crippen LogP contribution in [-0.4, -0.2) is 21.2 Å². The number of fused-ring (bicyclic) bond motifs is 1. The molecule has 0 atom stereocenters. The van der Waals surface area contributed by atoms with E-state index in [9.17, 15) is 14.0 Å². The lowest BCUT2D eigenvalue weighted by atomic mass is 10.1. The van der Waals surface area contributed by atoms with E-state index in [0.717, 1.165) is 16.7 Å². The van der Waals surface area contributed by atoms with Gasteiger partial charge >= 0.3 is 0 Å². The third-order valence-electron chi connectivity index (χ3n) is 6.02. The SMILES string of the molecule is CC/C(=C\C=C(/C)F)Cn1cc(C(=O)C(=O)Nc2c(Cl)cncc2Cl)c2cc(OCc3ccccc3)ccc21. The maximum atomic E-state index is 13.4. The molecule has 0 radical (unpaired) electrons. The Morgan fingerprint density at radius 1 is 1.08 bits per heavy atom. The fourth-order valence-electron chi connectivity index (χ4n) is 3.98. The van der Waals surface area contributed by atoms with Gasteiger partial charge in [-0.2, -0.15) is 0 Å². The summed E-state index contributed by atoms with van der Waals surface area (Å²) in [7, 11) is 0. The minimum Gasteiger partial charge on any atom is -0.489 e. The van der Waals surface area contributed by atoms with Crippen LogP contribution in [0, 0.1) is 0 Å². The second kappa shape index (κ2) is 12.7. The first-order chi connectivity index (χ1) is 18.8. The van der Waals surface area contributed by atoms with Gasteiger partial charge in [0.2, 0.25) is 0 Å². The molecule has 39 heavy (non-hydrogen) atoms. The molecule has 0 aliphatic carbocycles. The molecular formula is C30H26Cl2FN3O3. The Morgan fingerprint density at radius 2 is 1.79 bits per heavy atom. The van der Waals surface area contributed by atoms with Crippen LogP contribution in [0.2, 0.25) is 10.0 Å². The Bertz CT molecular complexity index is 1560. The minimum absolute atomic E-state index is 0.104. The Balaban J connectivity index is 1.71. The van der Waals surface area contributed by atoms with Crippen molar-refractivity contribution in [3.05, 3.63) is 112 Å². The van der Waals surface area contributed by atoms with Crippen LogP contribution in [0.5, 0.6) is 5.75 Å². The number of benzene rings is 2. The summed E-state index contributed by atoms with van der Waals surface area (Å²) in [5.41, 5.74) is 2.94.